The second-order valence-corrected chi connectivity index (χ2v) is 6.24. The average Bonchev–Trinajstić information content (AvgIpc) is 2.65. The normalized spacial score (nSPS) is 10.8. The van der Waals surface area contributed by atoms with Gasteiger partial charge in [-0.05, 0) is 35.7 Å². The molecule has 1 N–H and O–H groups in total. The van der Waals surface area contributed by atoms with Gasteiger partial charge in [0.15, 0.2) is 29.2 Å². The average molecular weight is 477 g/mol. The van der Waals surface area contributed by atoms with Crippen LogP contribution in [0.2, 0.25) is 0 Å². The van der Waals surface area contributed by atoms with Crippen molar-refractivity contribution >= 4 is 32.4 Å². The zero-order valence-electron chi connectivity index (χ0n) is 15.5. The fourth-order valence-electron chi connectivity index (χ4n) is 3.59. The molecule has 5 nitrogen and oxygen atoms in total. The number of phenolic OH excluding ortho intramolecular Hbond substituents is 1. The van der Waals surface area contributed by atoms with E-state index in [1.165, 1.54) is 0 Å². The van der Waals surface area contributed by atoms with Crippen molar-refractivity contribution < 1.29 is 47.9 Å². The highest BCUT2D eigenvalue weighted by molar-refractivity contribution is 6.14. The molecule has 0 amide bonds. The SMILES string of the molecule is COc1cc2c(ccc3c4cc(OC)c(OC)cc4c[n+](C)c23)cc1O.[I-]. The number of ether oxygens (including phenoxy) is 3. The van der Waals surface area contributed by atoms with E-state index >= 15 is 0 Å². The maximum atomic E-state index is 10.1. The van der Waals surface area contributed by atoms with Gasteiger partial charge in [0.2, 0.25) is 5.52 Å². The Morgan fingerprint density at radius 1 is 0.741 bits per heavy atom. The van der Waals surface area contributed by atoms with Crippen molar-refractivity contribution in [2.75, 3.05) is 21.3 Å². The number of hydrogen-bond donors (Lipinski definition) is 1. The maximum Gasteiger partial charge on any atom is 0.220 e. The molecular formula is C21H20INO4. The molecule has 0 atom stereocenters. The third-order valence-corrected chi connectivity index (χ3v) is 4.82. The number of pyridine rings is 1. The number of benzene rings is 3. The van der Waals surface area contributed by atoms with Crippen LogP contribution < -0.4 is 42.8 Å². The molecule has 0 spiro atoms. The molecule has 6 heteroatoms. The van der Waals surface area contributed by atoms with E-state index in [1.54, 1.807) is 27.4 Å². The van der Waals surface area contributed by atoms with Crippen molar-refractivity contribution in [3.63, 3.8) is 0 Å². The Morgan fingerprint density at radius 2 is 1.37 bits per heavy atom. The molecular weight excluding hydrogens is 457 g/mol. The number of aryl methyl sites for hydroxylation is 1. The summed E-state index contributed by atoms with van der Waals surface area (Å²) in [5.41, 5.74) is 1.06. The Morgan fingerprint density at radius 3 is 2.04 bits per heavy atom. The van der Waals surface area contributed by atoms with Crippen LogP contribution in [0.1, 0.15) is 0 Å². The van der Waals surface area contributed by atoms with Crippen LogP contribution in [0.25, 0.3) is 32.4 Å². The standard InChI is InChI=1S/C21H19NO4.HI/c1-22-11-13-8-19(25-3)20(26-4)9-15(13)14-6-5-12-7-17(23)18(24-2)10-16(12)21(14)22;/h5-11H,1-4H3;1H. The van der Waals surface area contributed by atoms with E-state index in [0.29, 0.717) is 17.2 Å². The third kappa shape index (κ3) is 2.97. The monoisotopic (exact) mass is 477 g/mol. The first-order valence-electron chi connectivity index (χ1n) is 8.25. The van der Waals surface area contributed by atoms with Gasteiger partial charge < -0.3 is 43.3 Å². The molecule has 0 bridgehead atoms. The highest BCUT2D eigenvalue weighted by Crippen LogP contribution is 2.38. The van der Waals surface area contributed by atoms with Gasteiger partial charge in [-0.3, -0.25) is 0 Å². The first-order valence-corrected chi connectivity index (χ1v) is 8.25. The van der Waals surface area contributed by atoms with Gasteiger partial charge >= 0.3 is 0 Å². The van der Waals surface area contributed by atoms with E-state index in [0.717, 1.165) is 32.4 Å². The zero-order chi connectivity index (χ0) is 18.4. The summed E-state index contributed by atoms with van der Waals surface area (Å²) < 4.78 is 18.3. The Balaban J connectivity index is 0.00000210. The number of aromatic hydroxyl groups is 1. The van der Waals surface area contributed by atoms with Gasteiger partial charge in [-0.25, -0.2) is 0 Å². The molecule has 4 aromatic rings. The van der Waals surface area contributed by atoms with E-state index in [9.17, 15) is 5.11 Å². The van der Waals surface area contributed by atoms with Gasteiger partial charge in [0.25, 0.3) is 0 Å². The number of rotatable bonds is 3. The quantitative estimate of drug-likeness (QED) is 0.269. The zero-order valence-corrected chi connectivity index (χ0v) is 17.7. The lowest BCUT2D eigenvalue weighted by Gasteiger charge is -2.11. The second kappa shape index (κ2) is 7.26. The molecule has 27 heavy (non-hydrogen) atoms. The molecule has 0 saturated heterocycles. The fraction of sp³-hybridized carbons (Fsp3) is 0.190. The number of halogens is 1. The summed E-state index contributed by atoms with van der Waals surface area (Å²) in [7, 11) is 6.84. The smallest absolute Gasteiger partial charge is 0.220 e. The van der Waals surface area contributed by atoms with Gasteiger partial charge in [-0.2, -0.15) is 4.57 Å². The first-order chi connectivity index (χ1) is 12.6. The van der Waals surface area contributed by atoms with Crippen LogP contribution >= 0.6 is 0 Å². The van der Waals surface area contributed by atoms with Crippen LogP contribution in [0.15, 0.2) is 42.6 Å². The van der Waals surface area contributed by atoms with Gasteiger partial charge in [-0.1, -0.05) is 6.07 Å². The minimum absolute atomic E-state index is 0. The van der Waals surface area contributed by atoms with Gasteiger partial charge in [0.1, 0.15) is 7.05 Å². The van der Waals surface area contributed by atoms with E-state index < -0.39 is 0 Å². The summed E-state index contributed by atoms with van der Waals surface area (Å²) >= 11 is 0. The van der Waals surface area contributed by atoms with Crippen molar-refractivity contribution in [2.24, 2.45) is 7.05 Å². The Labute approximate surface area is 174 Å². The maximum absolute atomic E-state index is 10.1. The predicted molar refractivity (Wildman–Crippen MR) is 101 cm³/mol. The largest absolute Gasteiger partial charge is 1.00 e. The number of aromatic nitrogens is 1. The summed E-state index contributed by atoms with van der Waals surface area (Å²) in [6.45, 7) is 0. The van der Waals surface area contributed by atoms with E-state index in [2.05, 4.69) is 16.8 Å². The van der Waals surface area contributed by atoms with Crippen LogP contribution in [-0.2, 0) is 7.05 Å². The van der Waals surface area contributed by atoms with E-state index in [1.807, 2.05) is 31.3 Å². The lowest BCUT2D eigenvalue weighted by molar-refractivity contribution is -0.642. The Bertz CT molecular complexity index is 1170. The van der Waals surface area contributed by atoms with Crippen molar-refractivity contribution in [1.82, 2.24) is 0 Å². The van der Waals surface area contributed by atoms with Gasteiger partial charge in [-0.15, -0.1) is 0 Å². The molecule has 140 valence electrons. The second-order valence-electron chi connectivity index (χ2n) is 6.24. The summed E-state index contributed by atoms with van der Waals surface area (Å²) in [6.07, 6.45) is 2.07. The van der Waals surface area contributed by atoms with Crippen LogP contribution in [0.5, 0.6) is 23.0 Å². The molecule has 1 aromatic heterocycles. The minimum Gasteiger partial charge on any atom is -1.00 e. The third-order valence-electron chi connectivity index (χ3n) is 4.82. The minimum atomic E-state index is 0. The van der Waals surface area contributed by atoms with Gasteiger partial charge in [0.05, 0.1) is 37.5 Å². The van der Waals surface area contributed by atoms with E-state index in [-0.39, 0.29) is 29.7 Å². The fourth-order valence-corrected chi connectivity index (χ4v) is 3.59. The first kappa shape index (κ1) is 19.3. The highest BCUT2D eigenvalue weighted by atomic mass is 127. The van der Waals surface area contributed by atoms with Crippen molar-refractivity contribution in [2.45, 2.75) is 0 Å². The molecule has 0 fully saturated rings. The number of phenols is 1. The molecule has 4 rings (SSSR count). The Hall–Kier alpha value is -2.48. The van der Waals surface area contributed by atoms with E-state index in [4.69, 9.17) is 14.2 Å². The molecule has 0 aliphatic heterocycles. The molecule has 0 aliphatic rings. The number of fused-ring (bicyclic) bond motifs is 5. The molecule has 3 aromatic carbocycles. The van der Waals surface area contributed by atoms with Crippen LogP contribution in [0.4, 0.5) is 0 Å². The Kier molecular flexibility index (Phi) is 5.19. The summed E-state index contributed by atoms with van der Waals surface area (Å²) in [5, 5.41) is 15.3. The lowest BCUT2D eigenvalue weighted by Crippen LogP contribution is -3.00. The van der Waals surface area contributed by atoms with Crippen molar-refractivity contribution in [1.29, 1.82) is 0 Å². The number of hydrogen-bond acceptors (Lipinski definition) is 4. The van der Waals surface area contributed by atoms with Crippen LogP contribution in [-0.4, -0.2) is 26.4 Å². The van der Waals surface area contributed by atoms with Gasteiger partial charge in [0, 0.05) is 5.39 Å². The molecule has 1 heterocycles. The molecule has 0 unspecified atom stereocenters. The molecule has 0 aliphatic carbocycles. The summed E-state index contributed by atoms with van der Waals surface area (Å²) in [6, 6.07) is 11.7. The van der Waals surface area contributed by atoms with Crippen LogP contribution in [0.3, 0.4) is 0 Å². The molecule has 0 radical (unpaired) electrons. The summed E-state index contributed by atoms with van der Waals surface area (Å²) in [4.78, 5) is 0. The number of methoxy groups -OCH3 is 3. The highest BCUT2D eigenvalue weighted by Gasteiger charge is 2.18. The van der Waals surface area contributed by atoms with Crippen molar-refractivity contribution in [3.8, 4) is 23.0 Å². The topological polar surface area (TPSA) is 51.8 Å². The van der Waals surface area contributed by atoms with Crippen LogP contribution in [0, 0.1) is 0 Å². The number of nitrogens with zero attached hydrogens (tertiary/aromatic N) is 1. The summed E-state index contributed by atoms with van der Waals surface area (Å²) in [5.74, 6) is 1.98. The lowest BCUT2D eigenvalue weighted by atomic mass is 10.00. The van der Waals surface area contributed by atoms with Crippen molar-refractivity contribution in [3.05, 3.63) is 42.6 Å². The predicted octanol–water partition coefficient (Wildman–Crippen LogP) is 0.706. The molecule has 0 saturated carbocycles.